The van der Waals surface area contributed by atoms with Crippen LogP contribution < -0.4 is 11.1 Å². The average Bonchev–Trinajstić information content (AvgIpc) is 2.57. The second kappa shape index (κ2) is 4.22. The Kier molecular flexibility index (Phi) is 2.76. The molecule has 0 unspecified atom stereocenters. The summed E-state index contributed by atoms with van der Waals surface area (Å²) in [6.45, 7) is 2.79. The zero-order valence-electron chi connectivity index (χ0n) is 9.44. The van der Waals surface area contributed by atoms with Crippen LogP contribution in [0.25, 0.3) is 0 Å². The number of anilines is 2. The first-order chi connectivity index (χ1) is 7.66. The van der Waals surface area contributed by atoms with E-state index in [9.17, 15) is 0 Å². The Bertz CT molecular complexity index is 489. The molecule has 0 radical (unpaired) electrons. The number of pyridine rings is 1. The van der Waals surface area contributed by atoms with Crippen LogP contribution in [0.1, 0.15) is 11.3 Å². The van der Waals surface area contributed by atoms with Gasteiger partial charge in [0.25, 0.3) is 0 Å². The first-order valence-corrected chi connectivity index (χ1v) is 5.09. The second-order valence-electron chi connectivity index (χ2n) is 3.70. The molecule has 2 aromatic heterocycles. The summed E-state index contributed by atoms with van der Waals surface area (Å²) >= 11 is 0. The van der Waals surface area contributed by atoms with Crippen molar-refractivity contribution in [3.63, 3.8) is 0 Å². The van der Waals surface area contributed by atoms with Crippen LogP contribution >= 0.6 is 0 Å². The van der Waals surface area contributed by atoms with Crippen molar-refractivity contribution in [3.8, 4) is 0 Å². The standard InChI is InChI=1S/C11H15N5/c1-8-9(7-15-16(8)2)6-14-10-3-4-13-11(12)5-10/h3-5,7H,6H2,1-2H3,(H3,12,13,14). The van der Waals surface area contributed by atoms with Gasteiger partial charge in [-0.05, 0) is 13.0 Å². The van der Waals surface area contributed by atoms with Gasteiger partial charge in [0.05, 0.1) is 6.20 Å². The maximum Gasteiger partial charge on any atom is 0.125 e. The minimum Gasteiger partial charge on any atom is -0.384 e. The number of aromatic nitrogens is 3. The number of rotatable bonds is 3. The molecule has 0 aromatic carbocycles. The van der Waals surface area contributed by atoms with Gasteiger partial charge < -0.3 is 11.1 Å². The maximum atomic E-state index is 5.59. The molecule has 16 heavy (non-hydrogen) atoms. The molecule has 0 saturated heterocycles. The molecule has 0 amide bonds. The Morgan fingerprint density at radius 3 is 2.94 bits per heavy atom. The molecule has 84 valence electrons. The lowest BCUT2D eigenvalue weighted by atomic mass is 10.2. The highest BCUT2D eigenvalue weighted by Gasteiger charge is 2.02. The SMILES string of the molecule is Cc1c(CNc2ccnc(N)c2)cnn1C. The van der Waals surface area contributed by atoms with Gasteiger partial charge in [0, 0.05) is 42.8 Å². The van der Waals surface area contributed by atoms with Gasteiger partial charge in [-0.2, -0.15) is 5.10 Å². The Balaban J connectivity index is 2.05. The summed E-state index contributed by atoms with van der Waals surface area (Å²) in [4.78, 5) is 3.94. The zero-order valence-corrected chi connectivity index (χ0v) is 9.44. The average molecular weight is 217 g/mol. The Morgan fingerprint density at radius 2 is 2.31 bits per heavy atom. The number of nitrogens with one attached hydrogen (secondary N) is 1. The molecule has 0 bridgehead atoms. The summed E-state index contributed by atoms with van der Waals surface area (Å²) in [6, 6.07) is 3.70. The summed E-state index contributed by atoms with van der Waals surface area (Å²) in [6.07, 6.45) is 3.56. The largest absolute Gasteiger partial charge is 0.384 e. The van der Waals surface area contributed by atoms with Crippen molar-refractivity contribution in [2.24, 2.45) is 7.05 Å². The third kappa shape index (κ3) is 2.13. The van der Waals surface area contributed by atoms with E-state index in [1.165, 1.54) is 5.56 Å². The quantitative estimate of drug-likeness (QED) is 0.813. The molecular weight excluding hydrogens is 202 g/mol. The lowest BCUT2D eigenvalue weighted by molar-refractivity contribution is 0.738. The van der Waals surface area contributed by atoms with Gasteiger partial charge in [-0.1, -0.05) is 0 Å². The van der Waals surface area contributed by atoms with Crippen molar-refractivity contribution in [2.45, 2.75) is 13.5 Å². The maximum absolute atomic E-state index is 5.59. The monoisotopic (exact) mass is 217 g/mol. The molecule has 5 nitrogen and oxygen atoms in total. The van der Waals surface area contributed by atoms with Crippen molar-refractivity contribution in [2.75, 3.05) is 11.1 Å². The lowest BCUT2D eigenvalue weighted by Gasteiger charge is -2.06. The predicted molar refractivity (Wildman–Crippen MR) is 63.9 cm³/mol. The van der Waals surface area contributed by atoms with E-state index in [1.807, 2.05) is 37.0 Å². The fourth-order valence-corrected chi connectivity index (χ4v) is 1.47. The van der Waals surface area contributed by atoms with Crippen LogP contribution in [0.15, 0.2) is 24.5 Å². The normalized spacial score (nSPS) is 10.4. The van der Waals surface area contributed by atoms with E-state index in [4.69, 9.17) is 5.73 Å². The van der Waals surface area contributed by atoms with Crippen molar-refractivity contribution < 1.29 is 0 Å². The fourth-order valence-electron chi connectivity index (χ4n) is 1.47. The molecule has 0 fully saturated rings. The number of nitrogens with two attached hydrogens (primary N) is 1. The fraction of sp³-hybridized carbons (Fsp3) is 0.273. The van der Waals surface area contributed by atoms with Crippen molar-refractivity contribution in [1.29, 1.82) is 0 Å². The highest BCUT2D eigenvalue weighted by molar-refractivity contribution is 5.49. The topological polar surface area (TPSA) is 68.8 Å². The number of hydrogen-bond donors (Lipinski definition) is 2. The molecule has 0 aliphatic rings. The molecule has 2 heterocycles. The van der Waals surface area contributed by atoms with Gasteiger partial charge in [0.1, 0.15) is 5.82 Å². The summed E-state index contributed by atoms with van der Waals surface area (Å²) in [5, 5.41) is 7.47. The lowest BCUT2D eigenvalue weighted by Crippen LogP contribution is -2.02. The van der Waals surface area contributed by atoms with E-state index in [1.54, 1.807) is 6.20 Å². The van der Waals surface area contributed by atoms with E-state index < -0.39 is 0 Å². The second-order valence-corrected chi connectivity index (χ2v) is 3.70. The number of nitrogen functional groups attached to an aromatic ring is 1. The Labute approximate surface area is 94.3 Å². The molecule has 0 spiro atoms. The summed E-state index contributed by atoms with van der Waals surface area (Å²) in [5.74, 6) is 0.521. The van der Waals surface area contributed by atoms with Crippen LogP contribution in [0, 0.1) is 6.92 Å². The van der Waals surface area contributed by atoms with E-state index >= 15 is 0 Å². The van der Waals surface area contributed by atoms with Gasteiger partial charge in [-0.25, -0.2) is 4.98 Å². The van der Waals surface area contributed by atoms with Crippen LogP contribution in [0.3, 0.4) is 0 Å². The molecular formula is C11H15N5. The highest BCUT2D eigenvalue weighted by atomic mass is 15.3. The van der Waals surface area contributed by atoms with E-state index in [-0.39, 0.29) is 0 Å². The molecule has 0 saturated carbocycles. The molecule has 0 aliphatic heterocycles. The highest BCUT2D eigenvalue weighted by Crippen LogP contribution is 2.12. The minimum absolute atomic E-state index is 0.521. The van der Waals surface area contributed by atoms with Crippen molar-refractivity contribution in [3.05, 3.63) is 35.8 Å². The van der Waals surface area contributed by atoms with Crippen molar-refractivity contribution >= 4 is 11.5 Å². The molecule has 5 heteroatoms. The Morgan fingerprint density at radius 1 is 1.50 bits per heavy atom. The number of nitrogens with zero attached hydrogens (tertiary/aromatic N) is 3. The van der Waals surface area contributed by atoms with Crippen LogP contribution in [0.4, 0.5) is 11.5 Å². The predicted octanol–water partition coefficient (Wildman–Crippen LogP) is 1.32. The van der Waals surface area contributed by atoms with Crippen LogP contribution in [-0.2, 0) is 13.6 Å². The molecule has 3 N–H and O–H groups in total. The molecule has 2 rings (SSSR count). The van der Waals surface area contributed by atoms with Crippen LogP contribution in [0.2, 0.25) is 0 Å². The third-order valence-corrected chi connectivity index (χ3v) is 2.60. The van der Waals surface area contributed by atoms with Gasteiger partial charge in [0.15, 0.2) is 0 Å². The molecule has 0 atom stereocenters. The van der Waals surface area contributed by atoms with Crippen molar-refractivity contribution in [1.82, 2.24) is 14.8 Å². The smallest absolute Gasteiger partial charge is 0.125 e. The summed E-state index contributed by atoms with van der Waals surface area (Å²) < 4.78 is 1.86. The van der Waals surface area contributed by atoms with Crippen LogP contribution in [0.5, 0.6) is 0 Å². The van der Waals surface area contributed by atoms with E-state index in [2.05, 4.69) is 15.4 Å². The van der Waals surface area contributed by atoms with Gasteiger partial charge in [-0.3, -0.25) is 4.68 Å². The first-order valence-electron chi connectivity index (χ1n) is 5.09. The minimum atomic E-state index is 0.521. The zero-order chi connectivity index (χ0) is 11.5. The molecule has 2 aromatic rings. The van der Waals surface area contributed by atoms with Gasteiger partial charge in [-0.15, -0.1) is 0 Å². The number of aryl methyl sites for hydroxylation is 1. The summed E-state index contributed by atoms with van der Waals surface area (Å²) in [7, 11) is 1.93. The van der Waals surface area contributed by atoms with E-state index in [0.29, 0.717) is 5.82 Å². The first kappa shape index (κ1) is 10.5. The Hall–Kier alpha value is -2.04. The van der Waals surface area contributed by atoms with E-state index in [0.717, 1.165) is 17.9 Å². The third-order valence-electron chi connectivity index (χ3n) is 2.60. The molecule has 0 aliphatic carbocycles. The van der Waals surface area contributed by atoms with Gasteiger partial charge in [0.2, 0.25) is 0 Å². The summed E-state index contributed by atoms with van der Waals surface area (Å²) in [5.41, 5.74) is 8.90. The van der Waals surface area contributed by atoms with Gasteiger partial charge >= 0.3 is 0 Å². The van der Waals surface area contributed by atoms with Crippen LogP contribution in [-0.4, -0.2) is 14.8 Å². The number of hydrogen-bond acceptors (Lipinski definition) is 4.